The molecule has 1 aromatic carbocycles. The van der Waals surface area contributed by atoms with E-state index in [-0.39, 0.29) is 16.4 Å². The molecule has 0 unspecified atom stereocenters. The van der Waals surface area contributed by atoms with Crippen molar-refractivity contribution in [1.82, 2.24) is 0 Å². The Kier molecular flexibility index (Phi) is 3.69. The summed E-state index contributed by atoms with van der Waals surface area (Å²) in [6, 6.07) is 6.33. The minimum atomic E-state index is -4.42. The third-order valence-electron chi connectivity index (χ3n) is 2.51. The molecule has 0 amide bonds. The number of Topliss-reactive ketones (excluding diaryl/α,β-unsaturated/α-hetero) is 1. The monoisotopic (exact) mass is 304 g/mol. The summed E-state index contributed by atoms with van der Waals surface area (Å²) in [7, 11) is 0. The molecular weight excluding hydrogens is 297 g/mol. The summed E-state index contributed by atoms with van der Waals surface area (Å²) >= 11 is 7.05. The Bertz CT molecular complexity index is 631. The molecule has 0 aliphatic heterocycles. The maximum atomic E-state index is 12.7. The molecule has 2 rings (SSSR count). The van der Waals surface area contributed by atoms with Gasteiger partial charge in [0.2, 0.25) is 0 Å². The summed E-state index contributed by atoms with van der Waals surface area (Å²) in [6.45, 7) is 1.41. The lowest BCUT2D eigenvalue weighted by Gasteiger charge is -2.09. The lowest BCUT2D eigenvalue weighted by atomic mass is 10.1. The molecule has 0 fully saturated rings. The molecule has 0 spiro atoms. The van der Waals surface area contributed by atoms with Crippen LogP contribution in [0.1, 0.15) is 22.2 Å². The molecule has 1 aromatic heterocycles. The van der Waals surface area contributed by atoms with Crippen LogP contribution in [0.5, 0.6) is 0 Å². The standard InChI is InChI=1S/C13H8ClF3OS/c1-7(18)11-4-5-12(19-11)9-6-8(13(15,16)17)2-3-10(9)14/h2-6H,1H3. The minimum absolute atomic E-state index is 0.126. The molecule has 1 heterocycles. The maximum absolute atomic E-state index is 12.7. The van der Waals surface area contributed by atoms with Crippen molar-refractivity contribution in [2.75, 3.05) is 0 Å². The number of hydrogen-bond acceptors (Lipinski definition) is 2. The smallest absolute Gasteiger partial charge is 0.294 e. The molecule has 0 N–H and O–H groups in total. The third-order valence-corrected chi connectivity index (χ3v) is 4.06. The van der Waals surface area contributed by atoms with Crippen molar-refractivity contribution >= 4 is 28.7 Å². The molecule has 0 aliphatic rings. The first-order valence-electron chi connectivity index (χ1n) is 5.27. The molecule has 0 bridgehead atoms. The Balaban J connectivity index is 2.51. The predicted molar refractivity (Wildman–Crippen MR) is 69.8 cm³/mol. The van der Waals surface area contributed by atoms with Gasteiger partial charge in [0.05, 0.1) is 10.4 Å². The highest BCUT2D eigenvalue weighted by Gasteiger charge is 2.31. The van der Waals surface area contributed by atoms with Gasteiger partial charge in [-0.15, -0.1) is 11.3 Å². The highest BCUT2D eigenvalue weighted by atomic mass is 35.5. The van der Waals surface area contributed by atoms with E-state index in [1.807, 2.05) is 0 Å². The van der Waals surface area contributed by atoms with Gasteiger partial charge in [-0.2, -0.15) is 13.2 Å². The fraction of sp³-hybridized carbons (Fsp3) is 0.154. The molecule has 1 nitrogen and oxygen atoms in total. The van der Waals surface area contributed by atoms with Crippen molar-refractivity contribution in [3.05, 3.63) is 45.8 Å². The normalized spacial score (nSPS) is 11.6. The van der Waals surface area contributed by atoms with E-state index in [1.165, 1.54) is 13.0 Å². The lowest BCUT2D eigenvalue weighted by molar-refractivity contribution is -0.137. The van der Waals surface area contributed by atoms with E-state index in [4.69, 9.17) is 11.6 Å². The largest absolute Gasteiger partial charge is 0.416 e. The Hall–Kier alpha value is -1.33. The van der Waals surface area contributed by atoms with E-state index in [9.17, 15) is 18.0 Å². The SMILES string of the molecule is CC(=O)c1ccc(-c2cc(C(F)(F)F)ccc2Cl)s1. The van der Waals surface area contributed by atoms with E-state index >= 15 is 0 Å². The zero-order valence-electron chi connectivity index (χ0n) is 9.72. The molecule has 0 aliphatic carbocycles. The summed E-state index contributed by atoms with van der Waals surface area (Å²) in [5.41, 5.74) is -0.473. The molecule has 6 heteroatoms. The van der Waals surface area contributed by atoms with Gasteiger partial charge in [-0.05, 0) is 37.3 Å². The van der Waals surface area contributed by atoms with Crippen LogP contribution in [0.2, 0.25) is 5.02 Å². The number of hydrogen-bond donors (Lipinski definition) is 0. The second kappa shape index (κ2) is 4.98. The van der Waals surface area contributed by atoms with Crippen LogP contribution >= 0.6 is 22.9 Å². The van der Waals surface area contributed by atoms with Crippen molar-refractivity contribution in [3.63, 3.8) is 0 Å². The maximum Gasteiger partial charge on any atom is 0.416 e. The zero-order valence-corrected chi connectivity index (χ0v) is 11.3. The van der Waals surface area contributed by atoms with Crippen molar-refractivity contribution in [3.8, 4) is 10.4 Å². The number of alkyl halides is 3. The number of thiophene rings is 1. The van der Waals surface area contributed by atoms with E-state index in [0.717, 1.165) is 23.5 Å². The van der Waals surface area contributed by atoms with Gasteiger partial charge in [0.1, 0.15) is 0 Å². The number of carbonyl (C=O) groups is 1. The minimum Gasteiger partial charge on any atom is -0.294 e. The van der Waals surface area contributed by atoms with E-state index < -0.39 is 11.7 Å². The molecule has 0 radical (unpaired) electrons. The Morgan fingerprint density at radius 3 is 2.42 bits per heavy atom. The highest BCUT2D eigenvalue weighted by Crippen LogP contribution is 2.38. The number of halogens is 4. The third kappa shape index (κ3) is 2.98. The first-order chi connectivity index (χ1) is 8.79. The van der Waals surface area contributed by atoms with Crippen LogP contribution in [-0.4, -0.2) is 5.78 Å². The van der Waals surface area contributed by atoms with E-state index in [0.29, 0.717) is 9.75 Å². The van der Waals surface area contributed by atoms with Crippen LogP contribution in [0.4, 0.5) is 13.2 Å². The first kappa shape index (κ1) is 14.1. The van der Waals surface area contributed by atoms with Gasteiger partial charge in [-0.1, -0.05) is 11.6 Å². The highest BCUT2D eigenvalue weighted by molar-refractivity contribution is 7.17. The van der Waals surface area contributed by atoms with Gasteiger partial charge in [0.25, 0.3) is 0 Å². The number of rotatable bonds is 2. The Labute approximate surface area is 116 Å². The van der Waals surface area contributed by atoms with E-state index in [1.54, 1.807) is 12.1 Å². The fourth-order valence-corrected chi connectivity index (χ4v) is 2.77. The van der Waals surface area contributed by atoms with Gasteiger partial charge < -0.3 is 0 Å². The van der Waals surface area contributed by atoms with Crippen molar-refractivity contribution < 1.29 is 18.0 Å². The first-order valence-corrected chi connectivity index (χ1v) is 6.46. The summed E-state index contributed by atoms with van der Waals surface area (Å²) in [5, 5.41) is 0.227. The predicted octanol–water partition coefficient (Wildman–Crippen LogP) is 5.29. The van der Waals surface area contributed by atoms with Crippen molar-refractivity contribution in [2.45, 2.75) is 13.1 Å². The second-order valence-corrected chi connectivity index (χ2v) is 5.40. The quantitative estimate of drug-likeness (QED) is 0.689. The van der Waals surface area contributed by atoms with E-state index in [2.05, 4.69) is 0 Å². The van der Waals surface area contributed by atoms with Crippen LogP contribution in [0.15, 0.2) is 30.3 Å². The molecule has 0 saturated heterocycles. The summed E-state index contributed by atoms with van der Waals surface area (Å²) < 4.78 is 38.0. The lowest BCUT2D eigenvalue weighted by Crippen LogP contribution is -2.04. The van der Waals surface area contributed by atoms with Crippen LogP contribution in [0, 0.1) is 0 Å². The second-order valence-electron chi connectivity index (χ2n) is 3.91. The van der Waals surface area contributed by atoms with Crippen LogP contribution < -0.4 is 0 Å². The van der Waals surface area contributed by atoms with Gasteiger partial charge in [0, 0.05) is 15.5 Å². The molecular formula is C13H8ClF3OS. The van der Waals surface area contributed by atoms with Crippen LogP contribution in [-0.2, 0) is 6.18 Å². The Morgan fingerprint density at radius 1 is 1.21 bits per heavy atom. The summed E-state index contributed by atoms with van der Waals surface area (Å²) in [6.07, 6.45) is -4.42. The number of ketones is 1. The molecule has 0 atom stereocenters. The average Bonchev–Trinajstić information content (AvgIpc) is 2.77. The fourth-order valence-electron chi connectivity index (χ4n) is 1.56. The van der Waals surface area contributed by atoms with Crippen LogP contribution in [0.3, 0.4) is 0 Å². The zero-order chi connectivity index (χ0) is 14.2. The Morgan fingerprint density at radius 2 is 1.89 bits per heavy atom. The van der Waals surface area contributed by atoms with Crippen molar-refractivity contribution in [2.24, 2.45) is 0 Å². The number of carbonyl (C=O) groups excluding carboxylic acids is 1. The molecule has 19 heavy (non-hydrogen) atoms. The molecule has 0 saturated carbocycles. The van der Waals surface area contributed by atoms with Gasteiger partial charge in [0.15, 0.2) is 5.78 Å². The van der Waals surface area contributed by atoms with Crippen LogP contribution in [0.25, 0.3) is 10.4 Å². The van der Waals surface area contributed by atoms with Crippen molar-refractivity contribution in [1.29, 1.82) is 0 Å². The van der Waals surface area contributed by atoms with Gasteiger partial charge in [-0.3, -0.25) is 4.79 Å². The molecule has 2 aromatic rings. The average molecular weight is 305 g/mol. The van der Waals surface area contributed by atoms with Gasteiger partial charge >= 0.3 is 6.18 Å². The summed E-state index contributed by atoms with van der Waals surface area (Å²) in [4.78, 5) is 12.2. The van der Waals surface area contributed by atoms with Gasteiger partial charge in [-0.25, -0.2) is 0 Å². The molecule has 100 valence electrons. The summed E-state index contributed by atoms with van der Waals surface area (Å²) in [5.74, 6) is -0.126. The topological polar surface area (TPSA) is 17.1 Å². The number of benzene rings is 1.